The summed E-state index contributed by atoms with van der Waals surface area (Å²) in [7, 11) is 0. The highest BCUT2D eigenvalue weighted by atomic mass is 35.5. The summed E-state index contributed by atoms with van der Waals surface area (Å²) in [6, 6.07) is 14.9. The topological polar surface area (TPSA) is 62.1 Å². The molecule has 1 saturated carbocycles. The number of hydrogen-bond donors (Lipinski definition) is 1. The Morgan fingerprint density at radius 1 is 1.21 bits per heavy atom. The first kappa shape index (κ1) is 20.8. The number of halogens is 1. The molecule has 1 aliphatic carbocycles. The zero-order chi connectivity index (χ0) is 20.6. The fraction of sp³-hybridized carbons (Fsp3) is 0.333. The lowest BCUT2D eigenvalue weighted by Gasteiger charge is -2.29. The first-order chi connectivity index (χ1) is 14.1. The third kappa shape index (κ3) is 5.76. The Labute approximate surface area is 176 Å². The predicted octanol–water partition coefficient (Wildman–Crippen LogP) is 4.90. The molecule has 1 aliphatic rings. The Hall–Kier alpha value is -2.95. The molecule has 3 rings (SSSR count). The Balaban J connectivity index is 1.50. The van der Waals surface area contributed by atoms with Crippen molar-refractivity contribution in [2.45, 2.75) is 51.2 Å². The highest BCUT2D eigenvalue weighted by molar-refractivity contribution is 6.31. The lowest BCUT2D eigenvalue weighted by atomic mass is 9.92. The van der Waals surface area contributed by atoms with Gasteiger partial charge in [-0.05, 0) is 62.4 Å². The van der Waals surface area contributed by atoms with Crippen LogP contribution in [-0.2, 0) is 6.42 Å². The van der Waals surface area contributed by atoms with Crippen LogP contribution in [0.4, 0.5) is 0 Å². The smallest absolute Gasteiger partial charge is 0.251 e. The van der Waals surface area contributed by atoms with Gasteiger partial charge in [0.15, 0.2) is 0 Å². The van der Waals surface area contributed by atoms with Crippen molar-refractivity contribution in [3.63, 3.8) is 0 Å². The van der Waals surface area contributed by atoms with E-state index in [-0.39, 0.29) is 18.1 Å². The second kappa shape index (κ2) is 10.0. The second-order valence-electron chi connectivity index (χ2n) is 7.12. The van der Waals surface area contributed by atoms with Gasteiger partial charge in [-0.15, -0.1) is 5.92 Å². The number of hydrogen-bond acceptors (Lipinski definition) is 3. The van der Waals surface area contributed by atoms with E-state index in [1.165, 1.54) is 0 Å². The fourth-order valence-corrected chi connectivity index (χ4v) is 3.67. The monoisotopic (exact) mass is 406 g/mol. The number of ether oxygens (including phenoxy) is 1. The molecule has 0 bridgehead atoms. The number of rotatable bonds is 5. The van der Waals surface area contributed by atoms with Gasteiger partial charge in [-0.25, -0.2) is 0 Å². The van der Waals surface area contributed by atoms with Crippen LogP contribution in [-0.4, -0.2) is 18.1 Å². The first-order valence-corrected chi connectivity index (χ1v) is 10.1. The van der Waals surface area contributed by atoms with Crippen LogP contribution >= 0.6 is 11.6 Å². The molecule has 148 valence electrons. The molecule has 29 heavy (non-hydrogen) atoms. The van der Waals surface area contributed by atoms with Crippen LogP contribution in [0.1, 0.15) is 54.1 Å². The third-order valence-corrected chi connectivity index (χ3v) is 5.34. The predicted molar refractivity (Wildman–Crippen MR) is 114 cm³/mol. The summed E-state index contributed by atoms with van der Waals surface area (Å²) in [6.07, 6.45) is 4.18. The van der Waals surface area contributed by atoms with Gasteiger partial charge in [-0.1, -0.05) is 29.7 Å². The number of nitriles is 1. The number of benzene rings is 2. The van der Waals surface area contributed by atoms with E-state index < -0.39 is 0 Å². The van der Waals surface area contributed by atoms with E-state index >= 15 is 0 Å². The highest BCUT2D eigenvalue weighted by Crippen LogP contribution is 2.27. The van der Waals surface area contributed by atoms with E-state index in [1.807, 2.05) is 37.3 Å². The normalized spacial score (nSPS) is 18.1. The molecule has 0 aliphatic heterocycles. The second-order valence-corrected chi connectivity index (χ2v) is 7.53. The molecule has 0 atom stereocenters. The molecule has 1 N–H and O–H groups in total. The Kier molecular flexibility index (Phi) is 7.17. The largest absolute Gasteiger partial charge is 0.490 e. The van der Waals surface area contributed by atoms with E-state index in [9.17, 15) is 4.79 Å². The Morgan fingerprint density at radius 2 is 2.00 bits per heavy atom. The van der Waals surface area contributed by atoms with Crippen LogP contribution in [0.15, 0.2) is 42.5 Å². The quantitative estimate of drug-likeness (QED) is 0.718. The number of amides is 1. The van der Waals surface area contributed by atoms with Gasteiger partial charge in [0.2, 0.25) is 0 Å². The maximum absolute atomic E-state index is 12.6. The highest BCUT2D eigenvalue weighted by Gasteiger charge is 2.24. The molecule has 0 aromatic heterocycles. The number of carbonyl (C=O) groups is 1. The summed E-state index contributed by atoms with van der Waals surface area (Å²) >= 11 is 6.07. The molecule has 0 saturated heterocycles. The Bertz CT molecular complexity index is 976. The molecular formula is C24H23ClN2O2. The molecular weight excluding hydrogens is 384 g/mol. The standard InChI is InChI=1S/C24H23ClN2O2/c1-2-3-5-17-6-4-7-18(14-17)24(28)27-20-9-12-21(13-10-20)29-22-11-8-19(16-26)23(25)15-22/h4,6-8,11,14-15,20-21H,5,9-10,12-13H2,1H3,(H,27,28). The van der Waals surface area contributed by atoms with Crippen molar-refractivity contribution < 1.29 is 9.53 Å². The van der Waals surface area contributed by atoms with Gasteiger partial charge in [0.1, 0.15) is 11.8 Å². The molecule has 2 aromatic rings. The summed E-state index contributed by atoms with van der Waals surface area (Å²) in [5.41, 5.74) is 2.16. The molecule has 0 spiro atoms. The maximum atomic E-state index is 12.6. The summed E-state index contributed by atoms with van der Waals surface area (Å²) in [5.74, 6) is 6.54. The summed E-state index contributed by atoms with van der Waals surface area (Å²) in [5, 5.41) is 12.5. The van der Waals surface area contributed by atoms with Crippen LogP contribution in [0.25, 0.3) is 0 Å². The molecule has 0 unspecified atom stereocenters. The minimum Gasteiger partial charge on any atom is -0.490 e. The Morgan fingerprint density at radius 3 is 2.69 bits per heavy atom. The van der Waals surface area contributed by atoms with Crippen molar-refractivity contribution in [2.75, 3.05) is 0 Å². The van der Waals surface area contributed by atoms with E-state index in [0.29, 0.717) is 28.3 Å². The van der Waals surface area contributed by atoms with E-state index in [1.54, 1.807) is 18.2 Å². The van der Waals surface area contributed by atoms with Crippen molar-refractivity contribution >= 4 is 17.5 Å². The lowest BCUT2D eigenvalue weighted by molar-refractivity contribution is 0.0894. The summed E-state index contributed by atoms with van der Waals surface area (Å²) < 4.78 is 6.01. The zero-order valence-electron chi connectivity index (χ0n) is 16.4. The van der Waals surface area contributed by atoms with E-state index in [2.05, 4.69) is 17.2 Å². The minimum absolute atomic E-state index is 0.0421. The minimum atomic E-state index is -0.0421. The number of nitrogens with one attached hydrogen (secondary N) is 1. The van der Waals surface area contributed by atoms with Crippen molar-refractivity contribution in [3.05, 3.63) is 64.2 Å². The summed E-state index contributed by atoms with van der Waals surface area (Å²) in [4.78, 5) is 12.6. The SMILES string of the molecule is CC#CCc1cccc(C(=O)NC2CCC(Oc3ccc(C#N)c(Cl)c3)CC2)c1. The molecule has 2 aromatic carbocycles. The van der Waals surface area contributed by atoms with Crippen LogP contribution in [0, 0.1) is 23.2 Å². The zero-order valence-corrected chi connectivity index (χ0v) is 17.1. The number of nitrogens with zero attached hydrogens (tertiary/aromatic N) is 1. The lowest BCUT2D eigenvalue weighted by Crippen LogP contribution is -2.39. The van der Waals surface area contributed by atoms with Gasteiger partial charge >= 0.3 is 0 Å². The summed E-state index contributed by atoms with van der Waals surface area (Å²) in [6.45, 7) is 1.81. The molecule has 5 heteroatoms. The van der Waals surface area contributed by atoms with Gasteiger partial charge < -0.3 is 10.1 Å². The van der Waals surface area contributed by atoms with Crippen LogP contribution < -0.4 is 10.1 Å². The van der Waals surface area contributed by atoms with E-state index in [0.717, 1.165) is 31.2 Å². The first-order valence-electron chi connectivity index (χ1n) is 9.74. The van der Waals surface area contributed by atoms with Crippen LogP contribution in [0.5, 0.6) is 5.75 Å². The van der Waals surface area contributed by atoms with Crippen LogP contribution in [0.3, 0.4) is 0 Å². The van der Waals surface area contributed by atoms with Crippen molar-refractivity contribution in [2.24, 2.45) is 0 Å². The third-order valence-electron chi connectivity index (χ3n) is 5.03. The van der Waals surface area contributed by atoms with Gasteiger partial charge in [0.05, 0.1) is 16.7 Å². The van der Waals surface area contributed by atoms with Crippen molar-refractivity contribution in [1.82, 2.24) is 5.32 Å². The maximum Gasteiger partial charge on any atom is 0.251 e. The average molecular weight is 407 g/mol. The van der Waals surface area contributed by atoms with Crippen LogP contribution in [0.2, 0.25) is 5.02 Å². The van der Waals surface area contributed by atoms with Gasteiger partial charge in [-0.3, -0.25) is 4.79 Å². The average Bonchev–Trinajstić information content (AvgIpc) is 2.74. The van der Waals surface area contributed by atoms with Gasteiger partial charge in [0, 0.05) is 24.1 Å². The molecule has 1 fully saturated rings. The number of carbonyl (C=O) groups excluding carboxylic acids is 1. The van der Waals surface area contributed by atoms with Gasteiger partial charge in [-0.2, -0.15) is 5.26 Å². The molecule has 4 nitrogen and oxygen atoms in total. The van der Waals surface area contributed by atoms with Gasteiger partial charge in [0.25, 0.3) is 5.91 Å². The fourth-order valence-electron chi connectivity index (χ4n) is 3.46. The molecule has 0 heterocycles. The van der Waals surface area contributed by atoms with Crippen molar-refractivity contribution in [3.8, 4) is 23.7 Å². The molecule has 1 amide bonds. The van der Waals surface area contributed by atoms with Crippen molar-refractivity contribution in [1.29, 1.82) is 5.26 Å². The van der Waals surface area contributed by atoms with E-state index in [4.69, 9.17) is 21.6 Å². The molecule has 0 radical (unpaired) electrons.